The van der Waals surface area contributed by atoms with Gasteiger partial charge in [0.15, 0.2) is 0 Å². The van der Waals surface area contributed by atoms with Crippen molar-refractivity contribution in [3.63, 3.8) is 0 Å². The van der Waals surface area contributed by atoms with E-state index in [4.69, 9.17) is 0 Å². The number of benzene rings is 1. The summed E-state index contributed by atoms with van der Waals surface area (Å²) in [6, 6.07) is 5.92. The lowest BCUT2D eigenvalue weighted by molar-refractivity contribution is 0.471. The first-order valence-electron chi connectivity index (χ1n) is 4.87. The van der Waals surface area contributed by atoms with Crippen molar-refractivity contribution in [3.8, 4) is 5.75 Å². The summed E-state index contributed by atoms with van der Waals surface area (Å²) in [5.41, 5.74) is 1.18. The van der Waals surface area contributed by atoms with Crippen molar-refractivity contribution in [1.82, 2.24) is 5.32 Å². The molecule has 78 valence electrons. The zero-order valence-corrected chi connectivity index (χ0v) is 10.1. The number of phenols is 1. The number of hydrogen-bond acceptors (Lipinski definition) is 2. The van der Waals surface area contributed by atoms with E-state index in [1.807, 2.05) is 12.1 Å². The van der Waals surface area contributed by atoms with E-state index >= 15 is 0 Å². The Morgan fingerprint density at radius 2 is 2.21 bits per heavy atom. The summed E-state index contributed by atoms with van der Waals surface area (Å²) >= 11 is 3.30. The first kappa shape index (κ1) is 11.5. The molecule has 2 nitrogen and oxygen atoms in total. The summed E-state index contributed by atoms with van der Waals surface area (Å²) in [6.07, 6.45) is 1.13. The molecule has 0 aliphatic carbocycles. The third kappa shape index (κ3) is 3.00. The lowest BCUT2D eigenvalue weighted by Gasteiger charge is -2.14. The minimum atomic E-state index is 0.288. The quantitative estimate of drug-likeness (QED) is 0.869. The number of rotatable bonds is 4. The summed E-state index contributed by atoms with van der Waals surface area (Å²) < 4.78 is 0.750. The molecule has 0 bridgehead atoms. The van der Waals surface area contributed by atoms with Gasteiger partial charge in [-0.2, -0.15) is 0 Å². The largest absolute Gasteiger partial charge is 0.507 e. The molecule has 1 aromatic rings. The lowest BCUT2D eigenvalue weighted by atomic mass is 10.1. The minimum Gasteiger partial charge on any atom is -0.507 e. The highest BCUT2D eigenvalue weighted by molar-refractivity contribution is 9.10. The molecule has 2 N–H and O–H groups in total. The van der Waals surface area contributed by atoms with Gasteiger partial charge < -0.3 is 10.4 Å². The van der Waals surface area contributed by atoms with Gasteiger partial charge in [0.25, 0.3) is 0 Å². The second-order valence-electron chi connectivity index (χ2n) is 3.39. The van der Waals surface area contributed by atoms with Crippen LogP contribution in [0, 0.1) is 0 Å². The van der Waals surface area contributed by atoms with E-state index in [1.165, 1.54) is 5.56 Å². The second kappa shape index (κ2) is 5.37. The minimum absolute atomic E-state index is 0.288. The van der Waals surface area contributed by atoms with Gasteiger partial charge in [-0.3, -0.25) is 0 Å². The Morgan fingerprint density at radius 1 is 1.50 bits per heavy atom. The zero-order chi connectivity index (χ0) is 10.6. The highest BCUT2D eigenvalue weighted by Gasteiger charge is 2.06. The standard InChI is InChI=1S/C11H16BrNO/c1-3-6-13-8(2)9-4-5-11(14)10(12)7-9/h4-5,7-8,13-14H,3,6H2,1-2H3. The van der Waals surface area contributed by atoms with Gasteiger partial charge in [-0.05, 0) is 53.5 Å². The van der Waals surface area contributed by atoms with E-state index in [2.05, 4.69) is 35.1 Å². The predicted octanol–water partition coefficient (Wildman–Crippen LogP) is 3.22. The molecule has 1 rings (SSSR count). The van der Waals surface area contributed by atoms with Gasteiger partial charge in [0, 0.05) is 6.04 Å². The van der Waals surface area contributed by atoms with Gasteiger partial charge in [0.1, 0.15) is 5.75 Å². The molecule has 0 aromatic heterocycles. The Morgan fingerprint density at radius 3 is 2.79 bits per heavy atom. The summed E-state index contributed by atoms with van der Waals surface area (Å²) in [5.74, 6) is 0.288. The number of nitrogens with one attached hydrogen (secondary N) is 1. The Hall–Kier alpha value is -0.540. The van der Waals surface area contributed by atoms with Gasteiger partial charge in [0.05, 0.1) is 4.47 Å². The van der Waals surface area contributed by atoms with E-state index in [-0.39, 0.29) is 5.75 Å². The van der Waals surface area contributed by atoms with E-state index in [1.54, 1.807) is 6.07 Å². The van der Waals surface area contributed by atoms with Crippen molar-refractivity contribution < 1.29 is 5.11 Å². The van der Waals surface area contributed by atoms with Crippen LogP contribution in [0.5, 0.6) is 5.75 Å². The van der Waals surface area contributed by atoms with Crippen LogP contribution in [0.3, 0.4) is 0 Å². The normalized spacial score (nSPS) is 12.8. The third-order valence-electron chi connectivity index (χ3n) is 2.17. The molecule has 14 heavy (non-hydrogen) atoms. The molecule has 1 aromatic carbocycles. The van der Waals surface area contributed by atoms with Gasteiger partial charge in [-0.15, -0.1) is 0 Å². The monoisotopic (exact) mass is 257 g/mol. The molecule has 0 aliphatic rings. The Bertz CT molecular complexity index is 301. The average Bonchev–Trinajstić information content (AvgIpc) is 2.18. The van der Waals surface area contributed by atoms with Crippen molar-refractivity contribution in [2.24, 2.45) is 0 Å². The maximum absolute atomic E-state index is 9.33. The van der Waals surface area contributed by atoms with Crippen LogP contribution in [0.15, 0.2) is 22.7 Å². The smallest absolute Gasteiger partial charge is 0.129 e. The predicted molar refractivity (Wildman–Crippen MR) is 62.5 cm³/mol. The van der Waals surface area contributed by atoms with Crippen molar-refractivity contribution in [1.29, 1.82) is 0 Å². The average molecular weight is 258 g/mol. The molecule has 1 atom stereocenters. The Labute approximate surface area is 93.5 Å². The van der Waals surface area contributed by atoms with E-state index in [0.717, 1.165) is 17.4 Å². The molecule has 0 aliphatic heterocycles. The Balaban J connectivity index is 2.70. The molecule has 0 radical (unpaired) electrons. The second-order valence-corrected chi connectivity index (χ2v) is 4.24. The lowest BCUT2D eigenvalue weighted by Crippen LogP contribution is -2.19. The summed E-state index contributed by atoms with van der Waals surface area (Å²) in [5, 5.41) is 12.7. The van der Waals surface area contributed by atoms with Gasteiger partial charge in [0.2, 0.25) is 0 Å². The highest BCUT2D eigenvalue weighted by atomic mass is 79.9. The summed E-state index contributed by atoms with van der Waals surface area (Å²) in [4.78, 5) is 0. The molecule has 3 heteroatoms. The molecule has 0 spiro atoms. The molecule has 0 saturated carbocycles. The first-order chi connectivity index (χ1) is 6.65. The number of halogens is 1. The maximum Gasteiger partial charge on any atom is 0.129 e. The zero-order valence-electron chi connectivity index (χ0n) is 8.55. The fourth-order valence-electron chi connectivity index (χ4n) is 1.27. The van der Waals surface area contributed by atoms with Gasteiger partial charge in [-0.25, -0.2) is 0 Å². The topological polar surface area (TPSA) is 32.3 Å². The van der Waals surface area contributed by atoms with Crippen LogP contribution in [0.2, 0.25) is 0 Å². The van der Waals surface area contributed by atoms with Crippen LogP contribution in [0.4, 0.5) is 0 Å². The maximum atomic E-state index is 9.33. The third-order valence-corrected chi connectivity index (χ3v) is 2.81. The SMILES string of the molecule is CCCNC(C)c1ccc(O)c(Br)c1. The molecule has 0 heterocycles. The molecule has 0 saturated heterocycles. The molecule has 0 amide bonds. The van der Waals surface area contributed by atoms with Crippen LogP contribution in [-0.4, -0.2) is 11.7 Å². The Kier molecular flexibility index (Phi) is 4.42. The van der Waals surface area contributed by atoms with Crippen LogP contribution in [0.25, 0.3) is 0 Å². The van der Waals surface area contributed by atoms with Crippen LogP contribution < -0.4 is 5.32 Å². The van der Waals surface area contributed by atoms with Crippen LogP contribution in [0.1, 0.15) is 31.9 Å². The van der Waals surface area contributed by atoms with Crippen LogP contribution >= 0.6 is 15.9 Å². The molecule has 1 unspecified atom stereocenters. The molecular formula is C11H16BrNO. The van der Waals surface area contributed by atoms with Gasteiger partial charge >= 0.3 is 0 Å². The first-order valence-corrected chi connectivity index (χ1v) is 5.66. The number of phenolic OH excluding ortho intramolecular Hbond substituents is 1. The van der Waals surface area contributed by atoms with Crippen LogP contribution in [-0.2, 0) is 0 Å². The number of hydrogen-bond donors (Lipinski definition) is 2. The van der Waals surface area contributed by atoms with Gasteiger partial charge in [-0.1, -0.05) is 13.0 Å². The van der Waals surface area contributed by atoms with Crippen molar-refractivity contribution in [2.45, 2.75) is 26.3 Å². The number of aromatic hydroxyl groups is 1. The van der Waals surface area contributed by atoms with Crippen molar-refractivity contribution in [2.75, 3.05) is 6.54 Å². The fraction of sp³-hybridized carbons (Fsp3) is 0.455. The molecular weight excluding hydrogens is 242 g/mol. The van der Waals surface area contributed by atoms with E-state index in [0.29, 0.717) is 6.04 Å². The summed E-state index contributed by atoms with van der Waals surface area (Å²) in [6.45, 7) is 5.28. The fourth-order valence-corrected chi connectivity index (χ4v) is 1.67. The summed E-state index contributed by atoms with van der Waals surface area (Å²) in [7, 11) is 0. The van der Waals surface area contributed by atoms with Crippen molar-refractivity contribution in [3.05, 3.63) is 28.2 Å². The highest BCUT2D eigenvalue weighted by Crippen LogP contribution is 2.26. The van der Waals surface area contributed by atoms with E-state index < -0.39 is 0 Å². The van der Waals surface area contributed by atoms with Crippen molar-refractivity contribution >= 4 is 15.9 Å². The molecule has 0 fully saturated rings. The van der Waals surface area contributed by atoms with E-state index in [9.17, 15) is 5.11 Å².